The van der Waals surface area contributed by atoms with Gasteiger partial charge in [0.2, 0.25) is 0 Å². The molecule has 0 unspecified atom stereocenters. The minimum atomic E-state index is -0.883. The van der Waals surface area contributed by atoms with E-state index in [0.717, 1.165) is 12.8 Å². The SMILES string of the molecule is COC(=O)C(=O)NCc1ccc[nH]1. The summed E-state index contributed by atoms with van der Waals surface area (Å²) in [6.07, 6.45) is 1.74. The quantitative estimate of drug-likeness (QED) is 0.491. The third kappa shape index (κ3) is 2.62. The number of hydrogen-bond donors (Lipinski definition) is 2. The summed E-state index contributed by atoms with van der Waals surface area (Å²) in [5.41, 5.74) is 0.831. The highest BCUT2D eigenvalue weighted by Gasteiger charge is 2.12. The summed E-state index contributed by atoms with van der Waals surface area (Å²) in [6.45, 7) is 0.293. The molecule has 0 atom stereocenters. The number of hydrogen-bond acceptors (Lipinski definition) is 3. The number of H-pyrrole nitrogens is 1. The predicted octanol–water partition coefficient (Wildman–Crippen LogP) is -0.196. The van der Waals surface area contributed by atoms with E-state index in [1.807, 2.05) is 0 Å². The first kappa shape index (κ1) is 9.31. The second kappa shape index (κ2) is 4.30. The van der Waals surface area contributed by atoms with E-state index in [-0.39, 0.29) is 0 Å². The Labute approximate surface area is 75.1 Å². The average molecular weight is 182 g/mol. The third-order valence-electron chi connectivity index (χ3n) is 1.47. The Morgan fingerprint density at radius 2 is 2.38 bits per heavy atom. The summed E-state index contributed by atoms with van der Waals surface area (Å²) in [6, 6.07) is 3.61. The number of rotatable bonds is 2. The minimum absolute atomic E-state index is 0.293. The molecule has 1 aromatic heterocycles. The summed E-state index contributed by atoms with van der Waals surface area (Å²) < 4.78 is 4.22. The molecule has 0 aliphatic heterocycles. The van der Waals surface area contributed by atoms with Gasteiger partial charge in [0.05, 0.1) is 13.7 Å². The van der Waals surface area contributed by atoms with E-state index in [1.165, 1.54) is 0 Å². The number of esters is 1. The molecule has 5 nitrogen and oxygen atoms in total. The van der Waals surface area contributed by atoms with Crippen LogP contribution in [-0.4, -0.2) is 24.0 Å². The van der Waals surface area contributed by atoms with Crippen molar-refractivity contribution in [3.63, 3.8) is 0 Å². The van der Waals surface area contributed by atoms with Crippen molar-refractivity contribution < 1.29 is 14.3 Å². The highest BCUT2D eigenvalue weighted by atomic mass is 16.5. The van der Waals surface area contributed by atoms with Gasteiger partial charge in [-0.1, -0.05) is 0 Å². The summed E-state index contributed by atoms with van der Waals surface area (Å²) in [4.78, 5) is 24.4. The molecule has 0 aliphatic carbocycles. The molecule has 2 N–H and O–H groups in total. The highest BCUT2D eigenvalue weighted by molar-refractivity contribution is 6.32. The van der Waals surface area contributed by atoms with E-state index in [4.69, 9.17) is 0 Å². The lowest BCUT2D eigenvalue weighted by Crippen LogP contribution is -2.31. The molecule has 0 fully saturated rings. The fraction of sp³-hybridized carbons (Fsp3) is 0.250. The molecule has 0 aromatic carbocycles. The lowest BCUT2D eigenvalue weighted by atomic mass is 10.4. The van der Waals surface area contributed by atoms with Crippen LogP contribution in [0.2, 0.25) is 0 Å². The van der Waals surface area contributed by atoms with E-state index in [1.54, 1.807) is 18.3 Å². The van der Waals surface area contributed by atoms with Gasteiger partial charge in [0.25, 0.3) is 0 Å². The number of amides is 1. The zero-order valence-electron chi connectivity index (χ0n) is 7.16. The molecule has 0 saturated carbocycles. The molecule has 1 amide bonds. The average Bonchev–Trinajstić information content (AvgIpc) is 2.65. The molecule has 1 heterocycles. The summed E-state index contributed by atoms with van der Waals surface area (Å²) in [7, 11) is 1.16. The van der Waals surface area contributed by atoms with Crippen LogP contribution in [0.15, 0.2) is 18.3 Å². The Kier molecular flexibility index (Phi) is 3.08. The second-order valence-corrected chi connectivity index (χ2v) is 2.37. The minimum Gasteiger partial charge on any atom is -0.462 e. The monoisotopic (exact) mass is 182 g/mol. The van der Waals surface area contributed by atoms with E-state index < -0.39 is 11.9 Å². The van der Waals surface area contributed by atoms with Gasteiger partial charge in [-0.3, -0.25) is 4.79 Å². The van der Waals surface area contributed by atoms with Crippen LogP contribution in [-0.2, 0) is 20.9 Å². The first-order chi connectivity index (χ1) is 6.24. The number of carbonyl (C=O) groups excluding carboxylic acids is 2. The van der Waals surface area contributed by atoms with Crippen molar-refractivity contribution in [2.45, 2.75) is 6.54 Å². The number of nitrogens with one attached hydrogen (secondary N) is 2. The first-order valence-corrected chi connectivity index (χ1v) is 3.72. The fourth-order valence-corrected chi connectivity index (χ4v) is 0.818. The van der Waals surface area contributed by atoms with Crippen molar-refractivity contribution in [1.29, 1.82) is 0 Å². The molecule has 0 saturated heterocycles. The molecule has 0 aliphatic rings. The van der Waals surface area contributed by atoms with E-state index >= 15 is 0 Å². The van der Waals surface area contributed by atoms with Crippen LogP contribution >= 0.6 is 0 Å². The van der Waals surface area contributed by atoms with Crippen molar-refractivity contribution in [2.24, 2.45) is 0 Å². The molecule has 0 bridgehead atoms. The fourth-order valence-electron chi connectivity index (χ4n) is 0.818. The molecule has 1 aromatic rings. The van der Waals surface area contributed by atoms with Gasteiger partial charge < -0.3 is 15.0 Å². The number of aromatic nitrogens is 1. The van der Waals surface area contributed by atoms with Gasteiger partial charge in [-0.2, -0.15) is 0 Å². The summed E-state index contributed by atoms with van der Waals surface area (Å²) in [5.74, 6) is -1.62. The zero-order chi connectivity index (χ0) is 9.68. The molecule has 1 rings (SSSR count). The van der Waals surface area contributed by atoms with Crippen molar-refractivity contribution in [1.82, 2.24) is 10.3 Å². The lowest BCUT2D eigenvalue weighted by molar-refractivity contribution is -0.152. The number of carbonyl (C=O) groups is 2. The number of methoxy groups -OCH3 is 1. The maximum absolute atomic E-state index is 10.9. The zero-order valence-corrected chi connectivity index (χ0v) is 7.16. The maximum Gasteiger partial charge on any atom is 0.396 e. The molecular formula is C8H10N2O3. The van der Waals surface area contributed by atoms with Crippen molar-refractivity contribution in [2.75, 3.05) is 7.11 Å². The van der Waals surface area contributed by atoms with Crippen LogP contribution < -0.4 is 5.32 Å². The van der Waals surface area contributed by atoms with Gasteiger partial charge in [-0.05, 0) is 12.1 Å². The summed E-state index contributed by atoms with van der Waals surface area (Å²) >= 11 is 0. The summed E-state index contributed by atoms with van der Waals surface area (Å²) in [5, 5.41) is 2.39. The standard InChI is InChI=1S/C8H10N2O3/c1-13-8(12)7(11)10-5-6-3-2-4-9-6/h2-4,9H,5H2,1H3,(H,10,11). The largest absolute Gasteiger partial charge is 0.462 e. The van der Waals surface area contributed by atoms with Gasteiger partial charge in [0.15, 0.2) is 0 Å². The normalized spacial score (nSPS) is 9.31. The Balaban J connectivity index is 2.35. The maximum atomic E-state index is 10.9. The van der Waals surface area contributed by atoms with Gasteiger partial charge in [-0.15, -0.1) is 0 Å². The van der Waals surface area contributed by atoms with Gasteiger partial charge in [-0.25, -0.2) is 4.79 Å². The molecule has 70 valence electrons. The van der Waals surface area contributed by atoms with E-state index in [9.17, 15) is 9.59 Å². The molecule has 0 radical (unpaired) electrons. The van der Waals surface area contributed by atoms with E-state index in [0.29, 0.717) is 6.54 Å². The van der Waals surface area contributed by atoms with E-state index in [2.05, 4.69) is 15.0 Å². The predicted molar refractivity (Wildman–Crippen MR) is 44.7 cm³/mol. The first-order valence-electron chi connectivity index (χ1n) is 3.72. The van der Waals surface area contributed by atoms with Crippen LogP contribution in [0.1, 0.15) is 5.69 Å². The Bertz CT molecular complexity index is 292. The Morgan fingerprint density at radius 3 is 2.92 bits per heavy atom. The molecule has 5 heteroatoms. The van der Waals surface area contributed by atoms with Crippen LogP contribution in [0, 0.1) is 0 Å². The van der Waals surface area contributed by atoms with Crippen LogP contribution in [0.3, 0.4) is 0 Å². The number of aromatic amines is 1. The van der Waals surface area contributed by atoms with Crippen molar-refractivity contribution in [3.05, 3.63) is 24.0 Å². The van der Waals surface area contributed by atoms with Crippen molar-refractivity contribution in [3.8, 4) is 0 Å². The molecule has 0 spiro atoms. The Morgan fingerprint density at radius 1 is 1.62 bits per heavy atom. The third-order valence-corrected chi connectivity index (χ3v) is 1.47. The number of ether oxygens (including phenoxy) is 1. The second-order valence-electron chi connectivity index (χ2n) is 2.37. The van der Waals surface area contributed by atoms with Crippen molar-refractivity contribution >= 4 is 11.9 Å². The van der Waals surface area contributed by atoms with Gasteiger partial charge in [0.1, 0.15) is 0 Å². The smallest absolute Gasteiger partial charge is 0.396 e. The molecular weight excluding hydrogens is 172 g/mol. The van der Waals surface area contributed by atoms with Crippen LogP contribution in [0.5, 0.6) is 0 Å². The lowest BCUT2D eigenvalue weighted by Gasteiger charge is -2.00. The van der Waals surface area contributed by atoms with Gasteiger partial charge in [0, 0.05) is 11.9 Å². The topological polar surface area (TPSA) is 71.2 Å². The van der Waals surface area contributed by atoms with Crippen LogP contribution in [0.25, 0.3) is 0 Å². The van der Waals surface area contributed by atoms with Crippen LogP contribution in [0.4, 0.5) is 0 Å². The molecule has 13 heavy (non-hydrogen) atoms. The van der Waals surface area contributed by atoms with Gasteiger partial charge >= 0.3 is 11.9 Å². The highest BCUT2D eigenvalue weighted by Crippen LogP contribution is 1.92. The Hall–Kier alpha value is -1.78.